The van der Waals surface area contributed by atoms with E-state index in [1.165, 1.54) is 11.1 Å². The molecule has 0 spiro atoms. The average Bonchev–Trinajstić information content (AvgIpc) is 2.21. The molecule has 1 aliphatic carbocycles. The lowest BCUT2D eigenvalue weighted by molar-refractivity contribution is 1.24. The van der Waals surface area contributed by atoms with Crippen LogP contribution in [0, 0.1) is 0 Å². The van der Waals surface area contributed by atoms with Crippen molar-refractivity contribution in [3.05, 3.63) is 54.1 Å². The number of allylic oxidation sites excluding steroid dienone is 4. The second-order valence-corrected chi connectivity index (χ2v) is 3.01. The fourth-order valence-corrected chi connectivity index (χ4v) is 1.49. The van der Waals surface area contributed by atoms with Crippen molar-refractivity contribution in [2.45, 2.75) is 12.8 Å². The summed E-state index contributed by atoms with van der Waals surface area (Å²) in [4.78, 5) is 0. The fourth-order valence-electron chi connectivity index (χ4n) is 1.49. The summed E-state index contributed by atoms with van der Waals surface area (Å²) in [5, 5.41) is 0. The molecule has 0 saturated carbocycles. The molecule has 0 unspecified atom stereocenters. The van der Waals surface area contributed by atoms with Gasteiger partial charge in [-0.05, 0) is 24.0 Å². The standard InChI is InChI=1S/C12H12/c1-3-7-11(8-4-1)12-9-5-2-6-10-12/h1-5,7-8,10H,6,9H2. The van der Waals surface area contributed by atoms with Crippen LogP contribution in [0.25, 0.3) is 5.57 Å². The Morgan fingerprint density at radius 3 is 2.42 bits per heavy atom. The second-order valence-electron chi connectivity index (χ2n) is 3.01. The summed E-state index contributed by atoms with van der Waals surface area (Å²) in [6, 6.07) is 10.6. The Kier molecular flexibility index (Phi) is 2.08. The Labute approximate surface area is 73.2 Å². The molecule has 0 aliphatic heterocycles. The zero-order valence-corrected chi connectivity index (χ0v) is 7.03. The van der Waals surface area contributed by atoms with Crippen LogP contribution >= 0.6 is 0 Å². The van der Waals surface area contributed by atoms with E-state index >= 15 is 0 Å². The van der Waals surface area contributed by atoms with Gasteiger partial charge in [0.1, 0.15) is 0 Å². The van der Waals surface area contributed by atoms with E-state index < -0.39 is 0 Å². The minimum atomic E-state index is 1.09. The molecular weight excluding hydrogens is 144 g/mol. The van der Waals surface area contributed by atoms with Crippen LogP contribution in [0.5, 0.6) is 0 Å². The molecule has 0 nitrogen and oxygen atoms in total. The van der Waals surface area contributed by atoms with Crippen molar-refractivity contribution in [1.82, 2.24) is 0 Å². The van der Waals surface area contributed by atoms with Gasteiger partial charge >= 0.3 is 0 Å². The van der Waals surface area contributed by atoms with Crippen molar-refractivity contribution in [2.24, 2.45) is 0 Å². The van der Waals surface area contributed by atoms with Crippen molar-refractivity contribution in [2.75, 3.05) is 0 Å². The molecule has 1 aromatic carbocycles. The third-order valence-electron chi connectivity index (χ3n) is 2.15. The summed E-state index contributed by atoms with van der Waals surface area (Å²) in [5.41, 5.74) is 2.82. The van der Waals surface area contributed by atoms with E-state index in [-0.39, 0.29) is 0 Å². The second kappa shape index (κ2) is 3.40. The minimum absolute atomic E-state index is 1.09. The molecule has 12 heavy (non-hydrogen) atoms. The molecular formula is C12H12. The maximum absolute atomic E-state index is 2.30. The molecule has 0 fully saturated rings. The van der Waals surface area contributed by atoms with Crippen molar-refractivity contribution in [3.8, 4) is 0 Å². The molecule has 1 aromatic rings. The highest BCUT2D eigenvalue weighted by atomic mass is 14.0. The van der Waals surface area contributed by atoms with E-state index in [0.29, 0.717) is 0 Å². The predicted octanol–water partition coefficient (Wildman–Crippen LogP) is 3.42. The zero-order chi connectivity index (χ0) is 8.23. The predicted molar refractivity (Wildman–Crippen MR) is 52.8 cm³/mol. The molecule has 0 bridgehead atoms. The summed E-state index contributed by atoms with van der Waals surface area (Å²) < 4.78 is 0. The van der Waals surface area contributed by atoms with E-state index in [4.69, 9.17) is 0 Å². The van der Waals surface area contributed by atoms with Crippen molar-refractivity contribution >= 4 is 5.57 Å². The Hall–Kier alpha value is -1.30. The molecule has 2 rings (SSSR count). The Morgan fingerprint density at radius 1 is 0.917 bits per heavy atom. The quantitative estimate of drug-likeness (QED) is 0.546. The van der Waals surface area contributed by atoms with Gasteiger partial charge in [-0.15, -0.1) is 0 Å². The van der Waals surface area contributed by atoms with E-state index in [1.807, 2.05) is 0 Å². The molecule has 0 heterocycles. The highest BCUT2D eigenvalue weighted by Crippen LogP contribution is 2.21. The fraction of sp³-hybridized carbons (Fsp3) is 0.167. The van der Waals surface area contributed by atoms with Gasteiger partial charge in [0.2, 0.25) is 0 Å². The lowest BCUT2D eigenvalue weighted by atomic mass is 9.98. The lowest BCUT2D eigenvalue weighted by Crippen LogP contribution is -1.85. The first kappa shape index (κ1) is 7.35. The number of hydrogen-bond acceptors (Lipinski definition) is 0. The first-order valence-electron chi connectivity index (χ1n) is 4.36. The van der Waals surface area contributed by atoms with E-state index in [2.05, 4.69) is 48.6 Å². The Bertz CT molecular complexity index is 304. The number of benzene rings is 1. The van der Waals surface area contributed by atoms with Gasteiger partial charge in [0.25, 0.3) is 0 Å². The van der Waals surface area contributed by atoms with Gasteiger partial charge in [-0.1, -0.05) is 48.6 Å². The van der Waals surface area contributed by atoms with Gasteiger partial charge in [0.05, 0.1) is 0 Å². The van der Waals surface area contributed by atoms with Gasteiger partial charge in [-0.3, -0.25) is 0 Å². The highest BCUT2D eigenvalue weighted by Gasteiger charge is 1.99. The third kappa shape index (κ3) is 1.48. The Morgan fingerprint density at radius 2 is 1.75 bits per heavy atom. The van der Waals surface area contributed by atoms with Crippen molar-refractivity contribution < 1.29 is 0 Å². The molecule has 0 atom stereocenters. The van der Waals surface area contributed by atoms with Crippen LogP contribution in [0.2, 0.25) is 0 Å². The van der Waals surface area contributed by atoms with Gasteiger partial charge < -0.3 is 0 Å². The third-order valence-corrected chi connectivity index (χ3v) is 2.15. The van der Waals surface area contributed by atoms with E-state index in [0.717, 1.165) is 12.8 Å². The van der Waals surface area contributed by atoms with Crippen molar-refractivity contribution in [1.29, 1.82) is 0 Å². The SMILES string of the molecule is C1=CCC(c2ccccc2)=CC1. The minimum Gasteiger partial charge on any atom is -0.0844 e. The Balaban J connectivity index is 2.26. The van der Waals surface area contributed by atoms with Crippen LogP contribution in [0.4, 0.5) is 0 Å². The summed E-state index contributed by atoms with van der Waals surface area (Å²) in [6.45, 7) is 0. The normalized spacial score (nSPS) is 15.8. The molecule has 0 heteroatoms. The van der Waals surface area contributed by atoms with Crippen LogP contribution in [-0.2, 0) is 0 Å². The van der Waals surface area contributed by atoms with Crippen molar-refractivity contribution in [3.63, 3.8) is 0 Å². The largest absolute Gasteiger partial charge is 0.0844 e. The highest BCUT2D eigenvalue weighted by molar-refractivity contribution is 5.67. The van der Waals surface area contributed by atoms with Crippen LogP contribution in [-0.4, -0.2) is 0 Å². The smallest absolute Gasteiger partial charge is 0.00945 e. The summed E-state index contributed by atoms with van der Waals surface area (Å²) in [7, 11) is 0. The topological polar surface area (TPSA) is 0 Å². The molecule has 0 radical (unpaired) electrons. The molecule has 0 amide bonds. The first-order valence-corrected chi connectivity index (χ1v) is 4.36. The lowest BCUT2D eigenvalue weighted by Gasteiger charge is -2.07. The first-order chi connectivity index (χ1) is 5.97. The van der Waals surface area contributed by atoms with E-state index in [1.54, 1.807) is 0 Å². The van der Waals surface area contributed by atoms with Crippen LogP contribution in [0.1, 0.15) is 18.4 Å². The summed E-state index contributed by atoms with van der Waals surface area (Å²) in [6.07, 6.45) is 8.93. The molecule has 0 aromatic heterocycles. The van der Waals surface area contributed by atoms with E-state index in [9.17, 15) is 0 Å². The van der Waals surface area contributed by atoms with Gasteiger partial charge in [-0.25, -0.2) is 0 Å². The van der Waals surface area contributed by atoms with Crippen LogP contribution in [0.15, 0.2) is 48.6 Å². The monoisotopic (exact) mass is 156 g/mol. The van der Waals surface area contributed by atoms with Gasteiger partial charge in [-0.2, -0.15) is 0 Å². The maximum Gasteiger partial charge on any atom is -0.00945 e. The summed E-state index contributed by atoms with van der Waals surface area (Å²) >= 11 is 0. The molecule has 1 aliphatic rings. The molecule has 60 valence electrons. The number of rotatable bonds is 1. The van der Waals surface area contributed by atoms with Gasteiger partial charge in [0.15, 0.2) is 0 Å². The maximum atomic E-state index is 2.30. The van der Waals surface area contributed by atoms with Crippen LogP contribution in [0.3, 0.4) is 0 Å². The molecule has 0 saturated heterocycles. The van der Waals surface area contributed by atoms with Gasteiger partial charge in [0, 0.05) is 0 Å². The zero-order valence-electron chi connectivity index (χ0n) is 7.03. The molecule has 0 N–H and O–H groups in total. The number of hydrogen-bond donors (Lipinski definition) is 0. The van der Waals surface area contributed by atoms with Crippen LogP contribution < -0.4 is 0 Å². The average molecular weight is 156 g/mol. The summed E-state index contributed by atoms with van der Waals surface area (Å²) in [5.74, 6) is 0.